The molecule has 0 fully saturated rings. The summed E-state index contributed by atoms with van der Waals surface area (Å²) in [6.45, 7) is 2.06. The van der Waals surface area contributed by atoms with E-state index in [1.807, 2.05) is 0 Å². The third-order valence-corrected chi connectivity index (χ3v) is 2.89. The normalized spacial score (nSPS) is 10.5. The Morgan fingerprint density at radius 1 is 1.40 bits per heavy atom. The summed E-state index contributed by atoms with van der Waals surface area (Å²) in [6.07, 6.45) is 1.94. The van der Waals surface area contributed by atoms with Crippen LogP contribution in [-0.2, 0) is 13.0 Å². The number of carboxylic acid groups (broad SMARTS) is 1. The van der Waals surface area contributed by atoms with Crippen LogP contribution in [0.4, 0.5) is 0 Å². The Labute approximate surface area is 115 Å². The van der Waals surface area contributed by atoms with Gasteiger partial charge in [-0.25, -0.2) is 4.79 Å². The average Bonchev–Trinajstić information content (AvgIpc) is 3.05. The van der Waals surface area contributed by atoms with Crippen molar-refractivity contribution in [2.24, 2.45) is 0 Å². The smallest absolute Gasteiger partial charge is 0.339 e. The summed E-state index contributed by atoms with van der Waals surface area (Å²) in [7, 11) is 1.60. The summed E-state index contributed by atoms with van der Waals surface area (Å²) in [4.78, 5) is 24.6. The van der Waals surface area contributed by atoms with Crippen LogP contribution in [-0.4, -0.2) is 28.9 Å². The van der Waals surface area contributed by atoms with Gasteiger partial charge in [-0.1, -0.05) is 6.92 Å². The summed E-state index contributed by atoms with van der Waals surface area (Å²) in [6, 6.07) is 4.76. The van der Waals surface area contributed by atoms with E-state index in [1.54, 1.807) is 26.1 Å². The monoisotopic (exact) mass is 277 g/mol. The number of aryl methyl sites for hydroxylation is 1. The average molecular weight is 277 g/mol. The van der Waals surface area contributed by atoms with Crippen LogP contribution in [0.15, 0.2) is 33.3 Å². The number of hydrogen-bond donors (Lipinski definition) is 1. The lowest BCUT2D eigenvalue weighted by molar-refractivity contribution is 0.0692. The number of carbonyl (C=O) groups excluding carboxylic acids is 1. The number of aromatic carboxylic acids is 1. The van der Waals surface area contributed by atoms with Gasteiger partial charge in [0.25, 0.3) is 5.91 Å². The molecule has 0 radical (unpaired) electrons. The largest absolute Gasteiger partial charge is 0.478 e. The van der Waals surface area contributed by atoms with Gasteiger partial charge >= 0.3 is 5.97 Å². The molecule has 0 aliphatic carbocycles. The molecule has 0 saturated heterocycles. The molecule has 106 valence electrons. The Balaban J connectivity index is 2.18. The van der Waals surface area contributed by atoms with E-state index in [0.29, 0.717) is 17.9 Å². The highest BCUT2D eigenvalue weighted by atomic mass is 16.4. The molecule has 2 aromatic heterocycles. The first-order valence-electron chi connectivity index (χ1n) is 6.16. The zero-order valence-corrected chi connectivity index (χ0v) is 11.3. The molecule has 0 aliphatic heterocycles. The lowest BCUT2D eigenvalue weighted by Crippen LogP contribution is -2.25. The van der Waals surface area contributed by atoms with E-state index in [1.165, 1.54) is 17.2 Å². The van der Waals surface area contributed by atoms with Gasteiger partial charge < -0.3 is 18.8 Å². The van der Waals surface area contributed by atoms with Gasteiger partial charge in [-0.3, -0.25) is 4.79 Å². The third kappa shape index (κ3) is 2.74. The molecular formula is C14H15NO5. The quantitative estimate of drug-likeness (QED) is 0.907. The van der Waals surface area contributed by atoms with Gasteiger partial charge in [0, 0.05) is 19.5 Å². The number of amides is 1. The zero-order valence-electron chi connectivity index (χ0n) is 11.3. The van der Waals surface area contributed by atoms with Crippen LogP contribution < -0.4 is 0 Å². The van der Waals surface area contributed by atoms with Crippen molar-refractivity contribution >= 4 is 11.9 Å². The topological polar surface area (TPSA) is 83.9 Å². The SMILES string of the molecule is CCc1oc(C(=O)N(C)Cc2ccco2)cc1C(=O)O. The highest BCUT2D eigenvalue weighted by molar-refractivity contribution is 5.96. The Morgan fingerprint density at radius 2 is 2.15 bits per heavy atom. The Bertz CT molecular complexity index is 612. The Morgan fingerprint density at radius 3 is 2.65 bits per heavy atom. The maximum Gasteiger partial charge on any atom is 0.339 e. The summed E-state index contributed by atoms with van der Waals surface area (Å²) < 4.78 is 10.5. The second-order valence-electron chi connectivity index (χ2n) is 4.35. The molecule has 1 amide bonds. The van der Waals surface area contributed by atoms with Crippen LogP contribution >= 0.6 is 0 Å². The van der Waals surface area contributed by atoms with E-state index in [4.69, 9.17) is 13.9 Å². The molecule has 0 saturated carbocycles. The Hall–Kier alpha value is -2.50. The number of hydrogen-bond acceptors (Lipinski definition) is 4. The molecule has 0 bridgehead atoms. The second kappa shape index (κ2) is 5.64. The molecule has 0 aliphatic rings. The summed E-state index contributed by atoms with van der Waals surface area (Å²) >= 11 is 0. The van der Waals surface area contributed by atoms with Crippen LogP contribution in [0.25, 0.3) is 0 Å². The number of nitrogens with zero attached hydrogens (tertiary/aromatic N) is 1. The fraction of sp³-hybridized carbons (Fsp3) is 0.286. The van der Waals surface area contributed by atoms with Gasteiger partial charge in [-0.2, -0.15) is 0 Å². The lowest BCUT2D eigenvalue weighted by atomic mass is 10.2. The van der Waals surface area contributed by atoms with Crippen molar-refractivity contribution in [3.63, 3.8) is 0 Å². The van der Waals surface area contributed by atoms with Crippen LogP contribution in [0.2, 0.25) is 0 Å². The number of furan rings is 2. The van der Waals surface area contributed by atoms with Crippen molar-refractivity contribution < 1.29 is 23.5 Å². The molecule has 6 heteroatoms. The Kier molecular flexibility index (Phi) is 3.93. The predicted octanol–water partition coefficient (Wildman–Crippen LogP) is 2.41. The highest BCUT2D eigenvalue weighted by Gasteiger charge is 2.22. The number of carboxylic acids is 1. The van der Waals surface area contributed by atoms with Gasteiger partial charge in [0.2, 0.25) is 0 Å². The van der Waals surface area contributed by atoms with Crippen molar-refractivity contribution in [2.45, 2.75) is 19.9 Å². The van der Waals surface area contributed by atoms with E-state index in [-0.39, 0.29) is 23.8 Å². The summed E-state index contributed by atoms with van der Waals surface area (Å²) in [5, 5.41) is 9.04. The van der Waals surface area contributed by atoms with Crippen LogP contribution in [0.1, 0.15) is 39.4 Å². The molecule has 0 spiro atoms. The first-order chi connectivity index (χ1) is 9.52. The van der Waals surface area contributed by atoms with E-state index in [2.05, 4.69) is 0 Å². The maximum absolute atomic E-state index is 12.2. The van der Waals surface area contributed by atoms with Crippen molar-refractivity contribution in [1.29, 1.82) is 0 Å². The van der Waals surface area contributed by atoms with Gasteiger partial charge in [0.1, 0.15) is 17.1 Å². The molecule has 0 unspecified atom stereocenters. The highest BCUT2D eigenvalue weighted by Crippen LogP contribution is 2.18. The van der Waals surface area contributed by atoms with Crippen LogP contribution in [0.3, 0.4) is 0 Å². The molecule has 2 rings (SSSR count). The zero-order chi connectivity index (χ0) is 14.7. The van der Waals surface area contributed by atoms with E-state index < -0.39 is 5.97 Å². The summed E-state index contributed by atoms with van der Waals surface area (Å²) in [5.41, 5.74) is 0.0299. The molecule has 6 nitrogen and oxygen atoms in total. The molecule has 20 heavy (non-hydrogen) atoms. The number of rotatable bonds is 5. The van der Waals surface area contributed by atoms with Gasteiger partial charge in [0.15, 0.2) is 5.76 Å². The van der Waals surface area contributed by atoms with Gasteiger partial charge in [-0.05, 0) is 12.1 Å². The molecule has 1 N–H and O–H groups in total. The molecule has 0 atom stereocenters. The fourth-order valence-corrected chi connectivity index (χ4v) is 1.87. The maximum atomic E-state index is 12.2. The van der Waals surface area contributed by atoms with Crippen molar-refractivity contribution in [1.82, 2.24) is 4.90 Å². The first kappa shape index (κ1) is 13.9. The lowest BCUT2D eigenvalue weighted by Gasteiger charge is -2.13. The number of carbonyl (C=O) groups is 2. The minimum atomic E-state index is -1.10. The minimum Gasteiger partial charge on any atom is -0.478 e. The summed E-state index contributed by atoms with van der Waals surface area (Å²) in [5.74, 6) is -0.524. The fourth-order valence-electron chi connectivity index (χ4n) is 1.87. The molecule has 2 heterocycles. The molecular weight excluding hydrogens is 262 g/mol. The van der Waals surface area contributed by atoms with Crippen LogP contribution in [0, 0.1) is 0 Å². The van der Waals surface area contributed by atoms with Crippen molar-refractivity contribution in [3.05, 3.63) is 47.3 Å². The molecule has 2 aromatic rings. The van der Waals surface area contributed by atoms with E-state index in [9.17, 15) is 9.59 Å². The van der Waals surface area contributed by atoms with E-state index >= 15 is 0 Å². The van der Waals surface area contributed by atoms with Crippen molar-refractivity contribution in [3.8, 4) is 0 Å². The second-order valence-corrected chi connectivity index (χ2v) is 4.35. The standard InChI is InChI=1S/C14H15NO5/c1-3-11-10(14(17)18)7-12(20-11)13(16)15(2)8-9-5-4-6-19-9/h4-7H,3,8H2,1-2H3,(H,17,18). The van der Waals surface area contributed by atoms with Crippen molar-refractivity contribution in [2.75, 3.05) is 7.05 Å². The minimum absolute atomic E-state index is 0.0216. The first-order valence-corrected chi connectivity index (χ1v) is 6.16. The van der Waals surface area contributed by atoms with E-state index in [0.717, 1.165) is 0 Å². The van der Waals surface area contributed by atoms with Crippen LogP contribution in [0.5, 0.6) is 0 Å². The van der Waals surface area contributed by atoms with Gasteiger partial charge in [-0.15, -0.1) is 0 Å². The van der Waals surface area contributed by atoms with Gasteiger partial charge in [0.05, 0.1) is 12.8 Å². The third-order valence-electron chi connectivity index (χ3n) is 2.89. The predicted molar refractivity (Wildman–Crippen MR) is 69.6 cm³/mol. The molecule has 0 aromatic carbocycles.